The van der Waals surface area contributed by atoms with Gasteiger partial charge in [-0.15, -0.1) is 0 Å². The molecule has 0 saturated heterocycles. The largest absolute Gasteiger partial charge is 0.480 e. The number of benzene rings is 1. The third kappa shape index (κ3) is 2.48. The standard InChI is InChI=1S/C15H20N2O3/c1-10-8-15(10,14(19)20)13(18)16-9-11-5-4-6-12(7-11)17(2)3/h4-7,10H,8-9H2,1-3H3,(H,16,18)(H,19,20)/t10-,15+/m1/s1. The predicted octanol–water partition coefficient (Wildman–Crippen LogP) is 1.48. The molecule has 20 heavy (non-hydrogen) atoms. The van der Waals surface area contributed by atoms with Crippen LogP contribution in [-0.2, 0) is 16.1 Å². The summed E-state index contributed by atoms with van der Waals surface area (Å²) in [6.07, 6.45) is 0.423. The smallest absolute Gasteiger partial charge is 0.319 e. The molecule has 0 aromatic heterocycles. The second-order valence-corrected chi connectivity index (χ2v) is 5.63. The van der Waals surface area contributed by atoms with E-state index in [1.807, 2.05) is 43.3 Å². The summed E-state index contributed by atoms with van der Waals surface area (Å²) in [7, 11) is 3.89. The molecule has 0 radical (unpaired) electrons. The Morgan fingerprint density at radius 1 is 1.45 bits per heavy atom. The molecule has 108 valence electrons. The Labute approximate surface area is 118 Å². The van der Waals surface area contributed by atoms with Crippen LogP contribution in [0, 0.1) is 11.3 Å². The molecule has 2 atom stereocenters. The molecule has 0 aliphatic heterocycles. The second-order valence-electron chi connectivity index (χ2n) is 5.63. The number of carbonyl (C=O) groups excluding carboxylic acids is 1. The molecule has 5 nitrogen and oxygen atoms in total. The van der Waals surface area contributed by atoms with Gasteiger partial charge in [-0.25, -0.2) is 0 Å². The van der Waals surface area contributed by atoms with Gasteiger partial charge in [-0.1, -0.05) is 19.1 Å². The number of carboxylic acids is 1. The number of nitrogens with zero attached hydrogens (tertiary/aromatic N) is 1. The molecule has 1 fully saturated rings. The molecular formula is C15H20N2O3. The van der Waals surface area contributed by atoms with Gasteiger partial charge >= 0.3 is 5.97 Å². The van der Waals surface area contributed by atoms with E-state index in [-0.39, 0.29) is 11.8 Å². The lowest BCUT2D eigenvalue weighted by Gasteiger charge is -2.15. The van der Waals surface area contributed by atoms with Gasteiger partial charge in [0, 0.05) is 26.3 Å². The molecule has 2 N–H and O–H groups in total. The highest BCUT2D eigenvalue weighted by Crippen LogP contribution is 2.52. The minimum Gasteiger partial charge on any atom is -0.480 e. The average Bonchev–Trinajstić information content (AvgIpc) is 3.09. The number of aliphatic carboxylic acids is 1. The van der Waals surface area contributed by atoms with Crippen LogP contribution in [0.25, 0.3) is 0 Å². The summed E-state index contributed by atoms with van der Waals surface area (Å²) in [6, 6.07) is 7.79. The van der Waals surface area contributed by atoms with Gasteiger partial charge in [0.1, 0.15) is 5.41 Å². The van der Waals surface area contributed by atoms with E-state index in [0.29, 0.717) is 13.0 Å². The van der Waals surface area contributed by atoms with Gasteiger partial charge in [-0.05, 0) is 30.0 Å². The van der Waals surface area contributed by atoms with Crippen LogP contribution in [0.1, 0.15) is 18.9 Å². The van der Waals surface area contributed by atoms with Crippen LogP contribution in [0.15, 0.2) is 24.3 Å². The topological polar surface area (TPSA) is 69.6 Å². The van der Waals surface area contributed by atoms with Crippen molar-refractivity contribution in [2.75, 3.05) is 19.0 Å². The number of carbonyl (C=O) groups is 2. The summed E-state index contributed by atoms with van der Waals surface area (Å²) in [5, 5.41) is 11.9. The van der Waals surface area contributed by atoms with E-state index in [2.05, 4.69) is 5.32 Å². The molecule has 1 aliphatic carbocycles. The lowest BCUT2D eigenvalue weighted by atomic mass is 10.0. The Morgan fingerprint density at radius 2 is 2.10 bits per heavy atom. The van der Waals surface area contributed by atoms with E-state index in [0.717, 1.165) is 11.3 Å². The van der Waals surface area contributed by atoms with Crippen molar-refractivity contribution in [3.63, 3.8) is 0 Å². The van der Waals surface area contributed by atoms with E-state index < -0.39 is 11.4 Å². The molecule has 2 rings (SSSR count). The summed E-state index contributed by atoms with van der Waals surface area (Å²) in [5.41, 5.74) is 0.793. The predicted molar refractivity (Wildman–Crippen MR) is 76.5 cm³/mol. The summed E-state index contributed by atoms with van der Waals surface area (Å²) in [5.74, 6) is -1.49. The number of nitrogens with one attached hydrogen (secondary N) is 1. The normalized spacial score (nSPS) is 24.1. The van der Waals surface area contributed by atoms with Gasteiger partial charge in [0.2, 0.25) is 5.91 Å². The first-order valence-corrected chi connectivity index (χ1v) is 6.66. The molecule has 1 amide bonds. The van der Waals surface area contributed by atoms with Crippen molar-refractivity contribution in [3.05, 3.63) is 29.8 Å². The van der Waals surface area contributed by atoms with Gasteiger partial charge in [0.05, 0.1) is 0 Å². The number of amides is 1. The quantitative estimate of drug-likeness (QED) is 0.799. The Balaban J connectivity index is 2.01. The van der Waals surface area contributed by atoms with Crippen LogP contribution in [0.3, 0.4) is 0 Å². The molecule has 0 spiro atoms. The van der Waals surface area contributed by atoms with Crippen LogP contribution in [-0.4, -0.2) is 31.1 Å². The molecule has 0 unspecified atom stereocenters. The molecule has 5 heteroatoms. The fourth-order valence-electron chi connectivity index (χ4n) is 2.42. The first kappa shape index (κ1) is 14.4. The highest BCUT2D eigenvalue weighted by Gasteiger charge is 2.63. The van der Waals surface area contributed by atoms with E-state index in [9.17, 15) is 14.7 Å². The highest BCUT2D eigenvalue weighted by atomic mass is 16.4. The molecule has 0 bridgehead atoms. The van der Waals surface area contributed by atoms with E-state index in [1.54, 1.807) is 6.92 Å². The third-order valence-corrected chi connectivity index (χ3v) is 3.98. The van der Waals surface area contributed by atoms with Crippen LogP contribution in [0.4, 0.5) is 5.69 Å². The monoisotopic (exact) mass is 276 g/mol. The van der Waals surface area contributed by atoms with Crippen molar-refractivity contribution in [2.45, 2.75) is 19.9 Å². The van der Waals surface area contributed by atoms with Crippen LogP contribution in [0.5, 0.6) is 0 Å². The van der Waals surface area contributed by atoms with Crippen LogP contribution in [0.2, 0.25) is 0 Å². The minimum absolute atomic E-state index is 0.0897. The van der Waals surface area contributed by atoms with Crippen molar-refractivity contribution in [1.29, 1.82) is 0 Å². The number of carboxylic acid groups (broad SMARTS) is 1. The average molecular weight is 276 g/mol. The SMILES string of the molecule is C[C@@H]1C[C@@]1(C(=O)O)C(=O)NCc1cccc(N(C)C)c1. The Hall–Kier alpha value is -2.04. The van der Waals surface area contributed by atoms with Crippen molar-refractivity contribution in [1.82, 2.24) is 5.32 Å². The fourth-order valence-corrected chi connectivity index (χ4v) is 2.42. The van der Waals surface area contributed by atoms with Crippen molar-refractivity contribution < 1.29 is 14.7 Å². The van der Waals surface area contributed by atoms with Gasteiger partial charge in [-0.2, -0.15) is 0 Å². The van der Waals surface area contributed by atoms with E-state index >= 15 is 0 Å². The summed E-state index contributed by atoms with van der Waals surface area (Å²) >= 11 is 0. The first-order valence-electron chi connectivity index (χ1n) is 6.66. The summed E-state index contributed by atoms with van der Waals surface area (Å²) in [6.45, 7) is 2.14. The molecule has 1 aromatic carbocycles. The molecule has 1 aliphatic rings. The van der Waals surface area contributed by atoms with E-state index in [1.165, 1.54) is 0 Å². The summed E-state index contributed by atoms with van der Waals surface area (Å²) < 4.78 is 0. The van der Waals surface area contributed by atoms with Crippen LogP contribution < -0.4 is 10.2 Å². The van der Waals surface area contributed by atoms with Crippen LogP contribution >= 0.6 is 0 Å². The third-order valence-electron chi connectivity index (χ3n) is 3.98. The number of hydrogen-bond acceptors (Lipinski definition) is 3. The van der Waals surface area contributed by atoms with Gasteiger partial charge in [-0.3, -0.25) is 9.59 Å². The Bertz CT molecular complexity index is 542. The molecule has 0 heterocycles. The number of rotatable bonds is 5. The van der Waals surface area contributed by atoms with Crippen molar-refractivity contribution in [3.8, 4) is 0 Å². The number of anilines is 1. The zero-order valence-corrected chi connectivity index (χ0v) is 12.0. The Kier molecular flexibility index (Phi) is 3.70. The molecule has 1 aromatic rings. The van der Waals surface area contributed by atoms with Crippen molar-refractivity contribution in [2.24, 2.45) is 11.3 Å². The van der Waals surface area contributed by atoms with Gasteiger partial charge in [0.15, 0.2) is 0 Å². The molecule has 1 saturated carbocycles. The number of hydrogen-bond donors (Lipinski definition) is 2. The maximum absolute atomic E-state index is 12.1. The van der Waals surface area contributed by atoms with E-state index in [4.69, 9.17) is 0 Å². The highest BCUT2D eigenvalue weighted by molar-refractivity contribution is 6.05. The minimum atomic E-state index is -1.21. The van der Waals surface area contributed by atoms with Crippen molar-refractivity contribution >= 4 is 17.6 Å². The lowest BCUT2D eigenvalue weighted by molar-refractivity contribution is -0.149. The zero-order chi connectivity index (χ0) is 14.9. The van der Waals surface area contributed by atoms with Gasteiger partial charge in [0.25, 0.3) is 0 Å². The zero-order valence-electron chi connectivity index (χ0n) is 12.0. The summed E-state index contributed by atoms with van der Waals surface area (Å²) in [4.78, 5) is 25.3. The first-order chi connectivity index (χ1) is 9.37. The maximum Gasteiger partial charge on any atom is 0.319 e. The maximum atomic E-state index is 12.1. The second kappa shape index (κ2) is 5.15. The Morgan fingerprint density at radius 3 is 2.60 bits per heavy atom. The fraction of sp³-hybridized carbons (Fsp3) is 0.467. The molecular weight excluding hydrogens is 256 g/mol. The lowest BCUT2D eigenvalue weighted by Crippen LogP contribution is -2.37. The van der Waals surface area contributed by atoms with Gasteiger partial charge < -0.3 is 15.3 Å².